The maximum absolute atomic E-state index is 12.9. The average Bonchev–Trinajstić information content (AvgIpc) is 2.90. The second-order valence-corrected chi connectivity index (χ2v) is 10.2. The summed E-state index contributed by atoms with van der Waals surface area (Å²) in [4.78, 5) is 27.5. The molecule has 2 aliphatic rings. The SMILES string of the molecule is CCCC1CCc2nc(CCCCN3CCN(c4ccc5ccccc5n4)CC3)n(N)c(=O)c2C1. The highest BCUT2D eigenvalue weighted by Gasteiger charge is 2.24. The van der Waals surface area contributed by atoms with Crippen LogP contribution in [-0.2, 0) is 19.3 Å². The van der Waals surface area contributed by atoms with Crippen molar-refractivity contribution in [3.63, 3.8) is 0 Å². The predicted octanol–water partition coefficient (Wildman–Crippen LogP) is 3.56. The number of para-hydroxylation sites is 1. The molecule has 35 heavy (non-hydrogen) atoms. The van der Waals surface area contributed by atoms with Gasteiger partial charge < -0.3 is 10.7 Å². The van der Waals surface area contributed by atoms with Crippen molar-refractivity contribution < 1.29 is 0 Å². The van der Waals surface area contributed by atoms with Crippen LogP contribution in [0.3, 0.4) is 0 Å². The van der Waals surface area contributed by atoms with Crippen LogP contribution >= 0.6 is 0 Å². The number of fused-ring (bicyclic) bond motifs is 2. The third kappa shape index (κ3) is 5.35. The molecule has 1 atom stereocenters. The first-order chi connectivity index (χ1) is 17.1. The van der Waals surface area contributed by atoms with Gasteiger partial charge in [-0.3, -0.25) is 9.69 Å². The normalized spacial score (nSPS) is 18.7. The van der Waals surface area contributed by atoms with E-state index in [4.69, 9.17) is 15.8 Å². The standard InChI is InChI=1S/C28H38N6O/c1-2-7-21-11-13-25-23(20-21)28(35)34(29)27(31-25)10-5-6-15-32-16-18-33(19-17-32)26-14-12-22-8-3-4-9-24(22)30-26/h3-4,8-9,12,14,21H,2,5-7,10-11,13,15-20,29H2,1H3. The summed E-state index contributed by atoms with van der Waals surface area (Å²) in [7, 11) is 0. The molecule has 3 aromatic rings. The maximum atomic E-state index is 12.9. The zero-order valence-electron chi connectivity index (χ0n) is 21.0. The highest BCUT2D eigenvalue weighted by molar-refractivity contribution is 5.80. The first-order valence-electron chi connectivity index (χ1n) is 13.3. The second-order valence-electron chi connectivity index (χ2n) is 10.2. The lowest BCUT2D eigenvalue weighted by molar-refractivity contribution is 0.252. The van der Waals surface area contributed by atoms with Gasteiger partial charge in [0.2, 0.25) is 0 Å². The van der Waals surface area contributed by atoms with Gasteiger partial charge in [0.1, 0.15) is 11.6 Å². The lowest BCUT2D eigenvalue weighted by atomic mass is 9.84. The van der Waals surface area contributed by atoms with Crippen LogP contribution in [0.5, 0.6) is 0 Å². The first-order valence-corrected chi connectivity index (χ1v) is 13.3. The fourth-order valence-corrected chi connectivity index (χ4v) is 5.69. The van der Waals surface area contributed by atoms with E-state index in [1.54, 1.807) is 0 Å². The molecule has 1 saturated heterocycles. The fraction of sp³-hybridized carbons (Fsp3) is 0.536. The number of nitrogens with zero attached hydrogens (tertiary/aromatic N) is 5. The Morgan fingerprint density at radius 2 is 1.86 bits per heavy atom. The summed E-state index contributed by atoms with van der Waals surface area (Å²) in [6.45, 7) is 7.37. The highest BCUT2D eigenvalue weighted by atomic mass is 16.1. The maximum Gasteiger partial charge on any atom is 0.275 e. The first kappa shape index (κ1) is 23.8. The molecule has 2 N–H and O–H groups in total. The van der Waals surface area contributed by atoms with Crippen molar-refractivity contribution >= 4 is 16.7 Å². The molecule has 3 heterocycles. The average molecular weight is 475 g/mol. The summed E-state index contributed by atoms with van der Waals surface area (Å²) in [5, 5.41) is 1.19. The number of hydrogen-bond donors (Lipinski definition) is 1. The Labute approximate surface area is 207 Å². The van der Waals surface area contributed by atoms with Gasteiger partial charge in [0.05, 0.1) is 11.2 Å². The summed E-state index contributed by atoms with van der Waals surface area (Å²) in [6.07, 6.45) is 8.08. The van der Waals surface area contributed by atoms with Crippen LogP contribution in [0.4, 0.5) is 5.82 Å². The summed E-state index contributed by atoms with van der Waals surface area (Å²) in [5.41, 5.74) is 2.89. The third-order valence-electron chi connectivity index (χ3n) is 7.75. The summed E-state index contributed by atoms with van der Waals surface area (Å²) >= 11 is 0. The molecule has 7 heteroatoms. The number of rotatable bonds is 8. The molecule has 1 fully saturated rings. The molecule has 1 aliphatic carbocycles. The van der Waals surface area contributed by atoms with Gasteiger partial charge in [-0.2, -0.15) is 0 Å². The molecule has 1 unspecified atom stereocenters. The van der Waals surface area contributed by atoms with Crippen molar-refractivity contribution in [3.05, 3.63) is 63.8 Å². The number of pyridine rings is 1. The minimum Gasteiger partial charge on any atom is -0.354 e. The Morgan fingerprint density at radius 3 is 2.69 bits per heavy atom. The van der Waals surface area contributed by atoms with Crippen LogP contribution < -0.4 is 16.3 Å². The van der Waals surface area contributed by atoms with E-state index in [9.17, 15) is 4.79 Å². The van der Waals surface area contributed by atoms with Gasteiger partial charge in [0.25, 0.3) is 5.56 Å². The summed E-state index contributed by atoms with van der Waals surface area (Å²) < 4.78 is 1.32. The zero-order chi connectivity index (χ0) is 24.2. The molecule has 0 saturated carbocycles. The van der Waals surface area contributed by atoms with E-state index in [0.29, 0.717) is 5.92 Å². The minimum absolute atomic E-state index is 0.0239. The lowest BCUT2D eigenvalue weighted by Crippen LogP contribution is -2.46. The van der Waals surface area contributed by atoms with Gasteiger partial charge in [-0.1, -0.05) is 38.0 Å². The number of hydrogen-bond acceptors (Lipinski definition) is 6. The molecular formula is C28H38N6O. The number of aryl methyl sites for hydroxylation is 2. The molecule has 2 aromatic heterocycles. The predicted molar refractivity (Wildman–Crippen MR) is 142 cm³/mol. The van der Waals surface area contributed by atoms with Crippen LogP contribution in [0.2, 0.25) is 0 Å². The lowest BCUT2D eigenvalue weighted by Gasteiger charge is -2.35. The van der Waals surface area contributed by atoms with Crippen molar-refractivity contribution in [1.82, 2.24) is 19.5 Å². The number of unbranched alkanes of at least 4 members (excludes halogenated alkanes) is 1. The van der Waals surface area contributed by atoms with E-state index in [2.05, 4.69) is 47.1 Å². The zero-order valence-corrected chi connectivity index (χ0v) is 21.0. The summed E-state index contributed by atoms with van der Waals surface area (Å²) in [6, 6.07) is 12.6. The number of nitrogen functional groups attached to an aromatic ring is 1. The van der Waals surface area contributed by atoms with E-state index in [-0.39, 0.29) is 5.56 Å². The van der Waals surface area contributed by atoms with Crippen molar-refractivity contribution in [3.8, 4) is 0 Å². The quantitative estimate of drug-likeness (QED) is 0.397. The monoisotopic (exact) mass is 474 g/mol. The smallest absolute Gasteiger partial charge is 0.275 e. The number of benzene rings is 1. The molecule has 5 rings (SSSR count). The minimum atomic E-state index is -0.0239. The van der Waals surface area contributed by atoms with Crippen LogP contribution in [0, 0.1) is 5.92 Å². The van der Waals surface area contributed by atoms with Crippen LogP contribution in [0.1, 0.15) is 56.1 Å². The van der Waals surface area contributed by atoms with Gasteiger partial charge in [-0.25, -0.2) is 14.6 Å². The Balaban J connectivity index is 1.09. The largest absolute Gasteiger partial charge is 0.354 e. The molecule has 1 aliphatic heterocycles. The van der Waals surface area contributed by atoms with Crippen LogP contribution in [0.25, 0.3) is 10.9 Å². The number of anilines is 1. The Hall–Kier alpha value is -2.93. The van der Waals surface area contributed by atoms with Gasteiger partial charge in [0.15, 0.2) is 0 Å². The molecule has 0 radical (unpaired) electrons. The third-order valence-corrected chi connectivity index (χ3v) is 7.75. The van der Waals surface area contributed by atoms with Gasteiger partial charge in [-0.15, -0.1) is 0 Å². The fourth-order valence-electron chi connectivity index (χ4n) is 5.69. The molecule has 0 bridgehead atoms. The van der Waals surface area contributed by atoms with Gasteiger partial charge in [-0.05, 0) is 62.8 Å². The van der Waals surface area contributed by atoms with Crippen molar-refractivity contribution in [2.45, 2.75) is 58.3 Å². The van der Waals surface area contributed by atoms with Crippen LogP contribution in [0.15, 0.2) is 41.2 Å². The Bertz CT molecular complexity index is 1210. The molecule has 7 nitrogen and oxygen atoms in total. The molecular weight excluding hydrogens is 436 g/mol. The summed E-state index contributed by atoms with van der Waals surface area (Å²) in [5.74, 6) is 8.60. The van der Waals surface area contributed by atoms with Crippen molar-refractivity contribution in [2.75, 3.05) is 43.5 Å². The van der Waals surface area contributed by atoms with E-state index in [1.165, 1.54) is 16.5 Å². The van der Waals surface area contributed by atoms with E-state index in [1.807, 2.05) is 6.07 Å². The van der Waals surface area contributed by atoms with E-state index < -0.39 is 0 Å². The van der Waals surface area contributed by atoms with Crippen LogP contribution in [-0.4, -0.2) is 52.3 Å². The van der Waals surface area contributed by atoms with Crippen molar-refractivity contribution in [2.24, 2.45) is 5.92 Å². The Morgan fingerprint density at radius 1 is 1.03 bits per heavy atom. The van der Waals surface area contributed by atoms with E-state index in [0.717, 1.165) is 106 Å². The second kappa shape index (κ2) is 10.8. The number of piperazine rings is 1. The van der Waals surface area contributed by atoms with E-state index >= 15 is 0 Å². The topological polar surface area (TPSA) is 80.3 Å². The van der Waals surface area contributed by atoms with Crippen molar-refractivity contribution in [1.29, 1.82) is 0 Å². The number of nitrogens with two attached hydrogens (primary N) is 1. The highest BCUT2D eigenvalue weighted by Crippen LogP contribution is 2.25. The Kier molecular flexibility index (Phi) is 7.32. The molecule has 1 aromatic carbocycles. The van der Waals surface area contributed by atoms with Gasteiger partial charge >= 0.3 is 0 Å². The molecule has 0 spiro atoms. The molecule has 0 amide bonds. The van der Waals surface area contributed by atoms with Gasteiger partial charge in [0, 0.05) is 43.5 Å². The molecule has 186 valence electrons. The number of aromatic nitrogens is 3.